The molecule has 1 saturated heterocycles. The van der Waals surface area contributed by atoms with Gasteiger partial charge in [0.2, 0.25) is 0 Å². The van der Waals surface area contributed by atoms with Crippen molar-refractivity contribution in [3.05, 3.63) is 62.3 Å². The van der Waals surface area contributed by atoms with E-state index in [1.54, 1.807) is 12.4 Å². The number of hydrogen-bond donors (Lipinski definition) is 2. The number of hydrogen-bond acceptors (Lipinski definition) is 3. The van der Waals surface area contributed by atoms with Crippen LogP contribution in [0.25, 0.3) is 0 Å². The average Bonchev–Trinajstić information content (AvgIpc) is 2.82. The fourth-order valence-electron chi connectivity index (χ4n) is 3.22. The van der Waals surface area contributed by atoms with E-state index in [-0.39, 0.29) is 0 Å². The quantitative estimate of drug-likeness (QED) is 0.364. The molecule has 0 spiro atoms. The van der Waals surface area contributed by atoms with Gasteiger partial charge in [0.15, 0.2) is 0 Å². The predicted molar refractivity (Wildman–Crippen MR) is 97.1 cm³/mol. The average molecular weight is 301 g/mol. The minimum Gasteiger partial charge on any atom is -0.391 e. The Morgan fingerprint density at radius 3 is 2.73 bits per heavy atom. The van der Waals surface area contributed by atoms with Gasteiger partial charge in [-0.2, -0.15) is 0 Å². The SMILES string of the molecule is C=CCC1N(/C(C)=C\C=C/NC=C)CCC1(C)CCNC=C. The summed E-state index contributed by atoms with van der Waals surface area (Å²) in [6.07, 6.45) is 14.9. The second-order valence-corrected chi connectivity index (χ2v) is 6.08. The molecule has 1 rings (SSSR count). The lowest BCUT2D eigenvalue weighted by molar-refractivity contribution is 0.189. The first-order valence-corrected chi connectivity index (χ1v) is 8.01. The maximum absolute atomic E-state index is 3.95. The molecule has 1 fully saturated rings. The Kier molecular flexibility index (Phi) is 7.58. The van der Waals surface area contributed by atoms with Gasteiger partial charge in [-0.15, -0.1) is 6.58 Å². The molecule has 2 atom stereocenters. The highest BCUT2D eigenvalue weighted by Crippen LogP contribution is 2.42. The van der Waals surface area contributed by atoms with Crippen LogP contribution in [0.2, 0.25) is 0 Å². The van der Waals surface area contributed by atoms with Gasteiger partial charge >= 0.3 is 0 Å². The van der Waals surface area contributed by atoms with Crippen LogP contribution in [-0.4, -0.2) is 24.0 Å². The summed E-state index contributed by atoms with van der Waals surface area (Å²) in [5.41, 5.74) is 1.61. The Balaban J connectivity index is 2.80. The van der Waals surface area contributed by atoms with Crippen LogP contribution >= 0.6 is 0 Å². The van der Waals surface area contributed by atoms with Crippen molar-refractivity contribution < 1.29 is 0 Å². The van der Waals surface area contributed by atoms with E-state index < -0.39 is 0 Å². The molecule has 1 heterocycles. The molecule has 0 amide bonds. The maximum atomic E-state index is 3.95. The highest BCUT2D eigenvalue weighted by Gasteiger charge is 2.42. The highest BCUT2D eigenvalue weighted by atomic mass is 15.2. The first-order chi connectivity index (χ1) is 10.6. The van der Waals surface area contributed by atoms with Gasteiger partial charge in [0.25, 0.3) is 0 Å². The third-order valence-electron chi connectivity index (χ3n) is 4.58. The summed E-state index contributed by atoms with van der Waals surface area (Å²) in [5, 5.41) is 6.20. The van der Waals surface area contributed by atoms with Crippen molar-refractivity contribution >= 4 is 0 Å². The van der Waals surface area contributed by atoms with E-state index in [1.807, 2.05) is 18.4 Å². The summed E-state index contributed by atoms with van der Waals surface area (Å²) in [6.45, 7) is 18.0. The van der Waals surface area contributed by atoms with E-state index in [1.165, 1.54) is 12.1 Å². The van der Waals surface area contributed by atoms with Crippen molar-refractivity contribution in [2.24, 2.45) is 5.41 Å². The summed E-state index contributed by atoms with van der Waals surface area (Å²) in [7, 11) is 0. The lowest BCUT2D eigenvalue weighted by atomic mass is 9.78. The molecule has 122 valence electrons. The van der Waals surface area contributed by atoms with Crippen molar-refractivity contribution in [3.63, 3.8) is 0 Å². The van der Waals surface area contributed by atoms with Gasteiger partial charge in [0, 0.05) is 31.0 Å². The van der Waals surface area contributed by atoms with Crippen molar-refractivity contribution in [2.75, 3.05) is 13.1 Å². The molecule has 3 nitrogen and oxygen atoms in total. The smallest absolute Gasteiger partial charge is 0.0376 e. The normalized spacial score (nSPS) is 25.3. The molecule has 2 N–H and O–H groups in total. The molecule has 0 saturated carbocycles. The zero-order valence-corrected chi connectivity index (χ0v) is 14.1. The molecule has 0 aromatic heterocycles. The van der Waals surface area contributed by atoms with Crippen LogP contribution in [-0.2, 0) is 0 Å². The number of nitrogens with one attached hydrogen (secondary N) is 2. The number of allylic oxidation sites excluding steroid dienone is 3. The predicted octanol–water partition coefficient (Wildman–Crippen LogP) is 3.92. The Labute approximate surface area is 136 Å². The summed E-state index contributed by atoms with van der Waals surface area (Å²) in [5.74, 6) is 0. The van der Waals surface area contributed by atoms with Gasteiger partial charge in [-0.3, -0.25) is 0 Å². The van der Waals surface area contributed by atoms with Gasteiger partial charge in [0.05, 0.1) is 0 Å². The first kappa shape index (κ1) is 18.1. The highest BCUT2D eigenvalue weighted by molar-refractivity contribution is 5.15. The zero-order chi connectivity index (χ0) is 16.4. The molecule has 0 aromatic rings. The molecular weight excluding hydrogens is 270 g/mol. The van der Waals surface area contributed by atoms with Crippen LogP contribution in [0, 0.1) is 5.41 Å². The van der Waals surface area contributed by atoms with Crippen LogP contribution in [0.5, 0.6) is 0 Å². The second kappa shape index (κ2) is 9.19. The Morgan fingerprint density at radius 2 is 2.09 bits per heavy atom. The van der Waals surface area contributed by atoms with Crippen molar-refractivity contribution in [1.29, 1.82) is 0 Å². The van der Waals surface area contributed by atoms with E-state index in [0.29, 0.717) is 11.5 Å². The molecule has 1 aliphatic heterocycles. The van der Waals surface area contributed by atoms with Crippen molar-refractivity contribution in [1.82, 2.24) is 15.5 Å². The maximum Gasteiger partial charge on any atom is 0.0376 e. The number of rotatable bonds is 10. The Bertz CT molecular complexity index is 436. The fraction of sp³-hybridized carbons (Fsp3) is 0.474. The monoisotopic (exact) mass is 301 g/mol. The molecule has 2 unspecified atom stereocenters. The van der Waals surface area contributed by atoms with Crippen LogP contribution in [0.3, 0.4) is 0 Å². The molecule has 3 heteroatoms. The minimum absolute atomic E-state index is 0.308. The summed E-state index contributed by atoms with van der Waals surface area (Å²) in [6, 6.07) is 0.508. The zero-order valence-electron chi connectivity index (χ0n) is 14.1. The topological polar surface area (TPSA) is 27.3 Å². The fourth-order valence-corrected chi connectivity index (χ4v) is 3.22. The van der Waals surface area contributed by atoms with Crippen molar-refractivity contribution in [2.45, 2.75) is 39.2 Å². The van der Waals surface area contributed by atoms with Crippen LogP contribution < -0.4 is 10.6 Å². The number of nitrogens with zero attached hydrogens (tertiary/aromatic N) is 1. The Hall–Kier alpha value is -1.90. The third-order valence-corrected chi connectivity index (χ3v) is 4.58. The van der Waals surface area contributed by atoms with Gasteiger partial charge in [-0.25, -0.2) is 0 Å². The Morgan fingerprint density at radius 1 is 1.32 bits per heavy atom. The van der Waals surface area contributed by atoms with Gasteiger partial charge in [-0.05, 0) is 56.2 Å². The number of likely N-dealkylation sites (tertiary alicyclic amines) is 1. The lowest BCUT2D eigenvalue weighted by Gasteiger charge is -2.36. The molecule has 0 bridgehead atoms. The minimum atomic E-state index is 0.308. The van der Waals surface area contributed by atoms with E-state index >= 15 is 0 Å². The molecule has 1 aliphatic rings. The molecule has 22 heavy (non-hydrogen) atoms. The van der Waals surface area contributed by atoms with E-state index in [2.05, 4.69) is 55.2 Å². The summed E-state index contributed by atoms with van der Waals surface area (Å²) in [4.78, 5) is 2.52. The molecule has 0 radical (unpaired) electrons. The third kappa shape index (κ3) is 4.83. The van der Waals surface area contributed by atoms with Crippen LogP contribution in [0.4, 0.5) is 0 Å². The van der Waals surface area contributed by atoms with E-state index in [4.69, 9.17) is 0 Å². The van der Waals surface area contributed by atoms with Crippen LogP contribution in [0.1, 0.15) is 33.1 Å². The summed E-state index contributed by atoms with van der Waals surface area (Å²) < 4.78 is 0. The van der Waals surface area contributed by atoms with Crippen LogP contribution in [0.15, 0.2) is 62.3 Å². The molecular formula is C19H31N3. The lowest BCUT2D eigenvalue weighted by Crippen LogP contribution is -2.38. The molecule has 0 aromatic carbocycles. The van der Waals surface area contributed by atoms with E-state index in [9.17, 15) is 0 Å². The first-order valence-electron chi connectivity index (χ1n) is 8.01. The van der Waals surface area contributed by atoms with Gasteiger partial charge < -0.3 is 15.5 Å². The van der Waals surface area contributed by atoms with Crippen molar-refractivity contribution in [3.8, 4) is 0 Å². The standard InChI is InChI=1S/C19H31N3/c1-6-10-18-19(5,12-15-21-8-3)13-16-22(18)17(4)11-9-14-20-7-2/h6-9,11,14,18,20-21H,1-3,10,12-13,15-16H2,4-5H3/b14-9-,17-11-. The second-order valence-electron chi connectivity index (χ2n) is 6.08. The van der Waals surface area contributed by atoms with E-state index in [0.717, 1.165) is 25.9 Å². The summed E-state index contributed by atoms with van der Waals surface area (Å²) >= 11 is 0. The largest absolute Gasteiger partial charge is 0.391 e. The van der Waals surface area contributed by atoms with Gasteiger partial charge in [0.1, 0.15) is 0 Å². The molecule has 0 aliphatic carbocycles. The van der Waals surface area contributed by atoms with Gasteiger partial charge in [-0.1, -0.05) is 26.2 Å².